The summed E-state index contributed by atoms with van der Waals surface area (Å²) >= 11 is 0. The molecule has 2 N–H and O–H groups in total. The van der Waals surface area contributed by atoms with Crippen molar-refractivity contribution in [1.82, 2.24) is 29.5 Å². The molecule has 0 radical (unpaired) electrons. The number of ether oxygens (including phenoxy) is 1. The average molecular weight is 466 g/mol. The standard InChI is InChI=1S/C23H24F2N8O/c24-21(25)22-29-16-3-1-2-4-18(16)33(22)20-12-19(30-23(31-20)32-7-9-34-10-8-32)28-14-5-6-15-17(11-14)27-13-26-15/h1-4,12-14,21H,5-11H2,(H,26,27)(H,28,30,31). The van der Waals surface area contributed by atoms with Gasteiger partial charge in [0, 0.05) is 37.3 Å². The molecule has 2 aliphatic rings. The zero-order valence-electron chi connectivity index (χ0n) is 18.4. The van der Waals surface area contributed by atoms with Crippen LogP contribution < -0.4 is 10.2 Å². The highest BCUT2D eigenvalue weighted by Gasteiger charge is 2.25. The van der Waals surface area contributed by atoms with Crippen LogP contribution in [0.5, 0.6) is 0 Å². The summed E-state index contributed by atoms with van der Waals surface area (Å²) in [7, 11) is 0. The first-order valence-corrected chi connectivity index (χ1v) is 11.4. The Morgan fingerprint density at radius 1 is 1.12 bits per heavy atom. The van der Waals surface area contributed by atoms with Crippen molar-refractivity contribution in [3.05, 3.63) is 53.9 Å². The van der Waals surface area contributed by atoms with E-state index in [4.69, 9.17) is 14.7 Å². The number of benzene rings is 1. The van der Waals surface area contributed by atoms with E-state index in [1.807, 2.05) is 11.0 Å². The van der Waals surface area contributed by atoms with E-state index >= 15 is 0 Å². The van der Waals surface area contributed by atoms with Gasteiger partial charge in [-0.2, -0.15) is 9.97 Å². The molecule has 9 nitrogen and oxygen atoms in total. The summed E-state index contributed by atoms with van der Waals surface area (Å²) < 4.78 is 34.9. The van der Waals surface area contributed by atoms with Crippen LogP contribution in [0.1, 0.15) is 30.1 Å². The Balaban J connectivity index is 1.43. The van der Waals surface area contributed by atoms with Crippen LogP contribution in [-0.4, -0.2) is 61.8 Å². The molecular weight excluding hydrogens is 442 g/mol. The summed E-state index contributed by atoms with van der Waals surface area (Å²) in [5, 5.41) is 3.51. The van der Waals surface area contributed by atoms with Gasteiger partial charge in [0.1, 0.15) is 11.6 Å². The molecule has 6 rings (SSSR count). The third kappa shape index (κ3) is 3.85. The topological polar surface area (TPSA) is 96.8 Å². The molecular formula is C23H24F2N8O. The highest BCUT2D eigenvalue weighted by atomic mass is 19.3. The van der Waals surface area contributed by atoms with Crippen molar-refractivity contribution in [2.24, 2.45) is 0 Å². The lowest BCUT2D eigenvalue weighted by molar-refractivity contribution is 0.122. The SMILES string of the molecule is FC(F)c1nc2ccccc2n1-c1cc(NC2CCc3nc[nH]c3C2)nc(N2CCOCC2)n1. The van der Waals surface area contributed by atoms with E-state index in [2.05, 4.69) is 20.3 Å². The third-order valence-corrected chi connectivity index (χ3v) is 6.35. The zero-order valence-corrected chi connectivity index (χ0v) is 18.4. The predicted octanol–water partition coefficient (Wildman–Crippen LogP) is 3.28. The fraction of sp³-hybridized carbons (Fsp3) is 0.391. The second kappa shape index (κ2) is 8.64. The van der Waals surface area contributed by atoms with Crippen LogP contribution in [0, 0.1) is 0 Å². The predicted molar refractivity (Wildman–Crippen MR) is 123 cm³/mol. The lowest BCUT2D eigenvalue weighted by atomic mass is 9.96. The van der Waals surface area contributed by atoms with Gasteiger partial charge in [-0.1, -0.05) is 12.1 Å². The van der Waals surface area contributed by atoms with E-state index in [0.717, 1.165) is 30.7 Å². The van der Waals surface area contributed by atoms with E-state index in [1.54, 1.807) is 30.6 Å². The first-order valence-electron chi connectivity index (χ1n) is 11.4. The number of halogens is 2. The first kappa shape index (κ1) is 21.0. The van der Waals surface area contributed by atoms with Crippen LogP contribution in [0.25, 0.3) is 16.9 Å². The van der Waals surface area contributed by atoms with Gasteiger partial charge in [0.2, 0.25) is 5.95 Å². The monoisotopic (exact) mass is 466 g/mol. The maximum absolute atomic E-state index is 14.0. The van der Waals surface area contributed by atoms with Crippen molar-refractivity contribution in [2.45, 2.75) is 31.7 Å². The molecule has 3 aromatic heterocycles. The second-order valence-corrected chi connectivity index (χ2v) is 8.52. The lowest BCUT2D eigenvalue weighted by Crippen LogP contribution is -2.37. The highest BCUT2D eigenvalue weighted by Crippen LogP contribution is 2.30. The summed E-state index contributed by atoms with van der Waals surface area (Å²) in [4.78, 5) is 23.2. The largest absolute Gasteiger partial charge is 0.378 e. The smallest absolute Gasteiger partial charge is 0.296 e. The van der Waals surface area contributed by atoms with Gasteiger partial charge in [-0.15, -0.1) is 0 Å². The molecule has 4 aromatic rings. The first-order chi connectivity index (χ1) is 16.7. The van der Waals surface area contributed by atoms with Crippen LogP contribution >= 0.6 is 0 Å². The van der Waals surface area contributed by atoms with E-state index < -0.39 is 6.43 Å². The number of nitrogens with zero attached hydrogens (tertiary/aromatic N) is 6. The minimum absolute atomic E-state index is 0.141. The summed E-state index contributed by atoms with van der Waals surface area (Å²) in [6.07, 6.45) is 1.54. The molecule has 176 valence electrons. The normalized spacial score (nSPS) is 18.4. The summed E-state index contributed by atoms with van der Waals surface area (Å²) in [5.41, 5.74) is 3.29. The number of rotatable bonds is 5. The average Bonchev–Trinajstić information content (AvgIpc) is 3.49. The molecule has 1 atom stereocenters. The van der Waals surface area contributed by atoms with Gasteiger partial charge in [-0.3, -0.25) is 4.57 Å². The maximum atomic E-state index is 14.0. The second-order valence-electron chi connectivity index (χ2n) is 8.52. The molecule has 0 saturated carbocycles. The van der Waals surface area contributed by atoms with Crippen molar-refractivity contribution >= 4 is 22.8 Å². The molecule has 1 aromatic carbocycles. The molecule has 34 heavy (non-hydrogen) atoms. The number of anilines is 2. The Hall–Kier alpha value is -3.60. The van der Waals surface area contributed by atoms with Crippen LogP contribution in [-0.2, 0) is 17.6 Å². The molecule has 1 unspecified atom stereocenters. The van der Waals surface area contributed by atoms with Gasteiger partial charge in [0.25, 0.3) is 6.43 Å². The fourth-order valence-electron chi connectivity index (χ4n) is 4.68. The number of aromatic nitrogens is 6. The van der Waals surface area contributed by atoms with Crippen molar-refractivity contribution in [3.8, 4) is 5.82 Å². The number of hydrogen-bond donors (Lipinski definition) is 2. The van der Waals surface area contributed by atoms with E-state index in [1.165, 1.54) is 4.57 Å². The molecule has 4 heterocycles. The Morgan fingerprint density at radius 3 is 2.82 bits per heavy atom. The molecule has 11 heteroatoms. The number of alkyl halides is 2. The number of nitrogens with one attached hydrogen (secondary N) is 2. The molecule has 1 saturated heterocycles. The third-order valence-electron chi connectivity index (χ3n) is 6.35. The number of para-hydroxylation sites is 2. The number of morpholine rings is 1. The molecule has 1 aliphatic carbocycles. The van der Waals surface area contributed by atoms with Crippen LogP contribution in [0.15, 0.2) is 36.7 Å². The quantitative estimate of drug-likeness (QED) is 0.466. The van der Waals surface area contributed by atoms with Crippen molar-refractivity contribution < 1.29 is 13.5 Å². The number of H-pyrrole nitrogens is 1. The Labute approximate surface area is 194 Å². The van der Waals surface area contributed by atoms with E-state index in [0.29, 0.717) is 54.9 Å². The van der Waals surface area contributed by atoms with Crippen LogP contribution in [0.4, 0.5) is 20.5 Å². The molecule has 0 bridgehead atoms. The zero-order chi connectivity index (χ0) is 23.1. The van der Waals surface area contributed by atoms with Crippen LogP contribution in [0.2, 0.25) is 0 Å². The number of imidazole rings is 2. The number of aromatic amines is 1. The summed E-state index contributed by atoms with van der Waals surface area (Å²) in [6.45, 7) is 2.40. The van der Waals surface area contributed by atoms with Gasteiger partial charge in [0.05, 0.1) is 36.3 Å². The highest BCUT2D eigenvalue weighted by molar-refractivity contribution is 5.78. The summed E-state index contributed by atoms with van der Waals surface area (Å²) in [6, 6.07) is 8.97. The van der Waals surface area contributed by atoms with Gasteiger partial charge in [-0.05, 0) is 25.0 Å². The number of aryl methyl sites for hydroxylation is 1. The minimum Gasteiger partial charge on any atom is -0.378 e. The van der Waals surface area contributed by atoms with Gasteiger partial charge in [0.15, 0.2) is 5.82 Å². The molecule has 0 spiro atoms. The van der Waals surface area contributed by atoms with Gasteiger partial charge < -0.3 is 19.9 Å². The van der Waals surface area contributed by atoms with Crippen molar-refractivity contribution in [1.29, 1.82) is 0 Å². The van der Waals surface area contributed by atoms with Crippen LogP contribution in [0.3, 0.4) is 0 Å². The Morgan fingerprint density at radius 2 is 1.97 bits per heavy atom. The van der Waals surface area contributed by atoms with Crippen molar-refractivity contribution in [2.75, 3.05) is 36.5 Å². The van der Waals surface area contributed by atoms with Gasteiger partial charge in [-0.25, -0.2) is 18.7 Å². The number of fused-ring (bicyclic) bond motifs is 2. The Kier molecular flexibility index (Phi) is 5.33. The lowest BCUT2D eigenvalue weighted by Gasteiger charge is -2.28. The number of hydrogen-bond acceptors (Lipinski definition) is 7. The molecule has 1 aliphatic heterocycles. The Bertz CT molecular complexity index is 1310. The maximum Gasteiger partial charge on any atom is 0.296 e. The van der Waals surface area contributed by atoms with Crippen molar-refractivity contribution in [3.63, 3.8) is 0 Å². The fourth-order valence-corrected chi connectivity index (χ4v) is 4.68. The molecule has 0 amide bonds. The van der Waals surface area contributed by atoms with E-state index in [9.17, 15) is 8.78 Å². The molecule has 1 fully saturated rings. The van der Waals surface area contributed by atoms with Gasteiger partial charge >= 0.3 is 0 Å². The van der Waals surface area contributed by atoms with E-state index in [-0.39, 0.29) is 11.9 Å². The minimum atomic E-state index is -2.75. The summed E-state index contributed by atoms with van der Waals surface area (Å²) in [5.74, 6) is 1.11.